The molecule has 0 unspecified atom stereocenters. The van der Waals surface area contributed by atoms with Crippen molar-refractivity contribution in [3.63, 3.8) is 0 Å². The van der Waals surface area contributed by atoms with Gasteiger partial charge in [0.2, 0.25) is 15.9 Å². The first-order chi connectivity index (χ1) is 14.4. The molecule has 0 atom stereocenters. The standard InChI is InChI=1S/C21H26N2O6S/c24-19-6-5-15-23(19)20(25)16-29-21(26)12-9-17-7-10-18(11-8-17)30(27,28)22-13-3-1-2-4-14-22/h7-12H,1-6,13-16H2/b12-9+. The largest absolute Gasteiger partial charge is 0.452 e. The quantitative estimate of drug-likeness (QED) is 0.501. The summed E-state index contributed by atoms with van der Waals surface area (Å²) in [6, 6.07) is 6.27. The number of rotatable bonds is 6. The van der Waals surface area contributed by atoms with Gasteiger partial charge in [-0.3, -0.25) is 14.5 Å². The molecular formula is C21H26N2O6S. The molecule has 0 spiro atoms. The van der Waals surface area contributed by atoms with Crippen LogP contribution in [0.5, 0.6) is 0 Å². The molecule has 2 heterocycles. The van der Waals surface area contributed by atoms with Gasteiger partial charge >= 0.3 is 5.97 Å². The van der Waals surface area contributed by atoms with Crippen LogP contribution in [0.25, 0.3) is 6.08 Å². The predicted octanol–water partition coefficient (Wildman–Crippen LogP) is 1.96. The van der Waals surface area contributed by atoms with Gasteiger partial charge < -0.3 is 4.74 Å². The Labute approximate surface area is 176 Å². The monoisotopic (exact) mass is 434 g/mol. The van der Waals surface area contributed by atoms with Crippen LogP contribution in [0.2, 0.25) is 0 Å². The van der Waals surface area contributed by atoms with Gasteiger partial charge in [0.1, 0.15) is 0 Å². The van der Waals surface area contributed by atoms with Gasteiger partial charge in [-0.05, 0) is 43.0 Å². The van der Waals surface area contributed by atoms with Crippen molar-refractivity contribution in [3.05, 3.63) is 35.9 Å². The topological polar surface area (TPSA) is 101 Å². The van der Waals surface area contributed by atoms with Crippen LogP contribution in [0, 0.1) is 0 Å². The Balaban J connectivity index is 1.54. The summed E-state index contributed by atoms with van der Waals surface area (Å²) in [7, 11) is -3.52. The zero-order chi connectivity index (χ0) is 21.6. The Morgan fingerprint density at radius 2 is 1.63 bits per heavy atom. The van der Waals surface area contributed by atoms with Crippen molar-refractivity contribution in [3.8, 4) is 0 Å². The second kappa shape index (κ2) is 9.99. The number of sulfonamides is 1. The molecule has 162 valence electrons. The number of hydrogen-bond donors (Lipinski definition) is 0. The molecule has 3 rings (SSSR count). The second-order valence-electron chi connectivity index (χ2n) is 7.37. The maximum absolute atomic E-state index is 12.8. The van der Waals surface area contributed by atoms with Crippen molar-refractivity contribution >= 4 is 33.9 Å². The average molecular weight is 435 g/mol. The molecule has 2 saturated heterocycles. The van der Waals surface area contributed by atoms with Gasteiger partial charge in [-0.25, -0.2) is 13.2 Å². The Bertz CT molecular complexity index is 915. The summed E-state index contributed by atoms with van der Waals surface area (Å²) in [6.07, 6.45) is 7.45. The Morgan fingerprint density at radius 3 is 2.23 bits per heavy atom. The average Bonchev–Trinajstić information content (AvgIpc) is 2.99. The minimum Gasteiger partial charge on any atom is -0.452 e. The molecule has 2 fully saturated rings. The van der Waals surface area contributed by atoms with Gasteiger partial charge in [0.15, 0.2) is 6.61 Å². The van der Waals surface area contributed by atoms with Gasteiger partial charge in [0, 0.05) is 32.1 Å². The zero-order valence-electron chi connectivity index (χ0n) is 16.8. The molecule has 0 bridgehead atoms. The fraction of sp³-hybridized carbons (Fsp3) is 0.476. The van der Waals surface area contributed by atoms with Gasteiger partial charge in [0.05, 0.1) is 4.90 Å². The molecule has 0 N–H and O–H groups in total. The minimum atomic E-state index is -3.52. The van der Waals surface area contributed by atoms with Crippen LogP contribution < -0.4 is 0 Å². The van der Waals surface area contributed by atoms with Crippen molar-refractivity contribution < 1.29 is 27.5 Å². The van der Waals surface area contributed by atoms with Crippen molar-refractivity contribution in [2.45, 2.75) is 43.4 Å². The molecule has 9 heteroatoms. The molecular weight excluding hydrogens is 408 g/mol. The van der Waals surface area contributed by atoms with Gasteiger partial charge in [-0.15, -0.1) is 0 Å². The van der Waals surface area contributed by atoms with Crippen LogP contribution in [0.1, 0.15) is 44.1 Å². The molecule has 0 saturated carbocycles. The lowest BCUT2D eigenvalue weighted by molar-refractivity contribution is -0.151. The number of carbonyl (C=O) groups is 3. The lowest BCUT2D eigenvalue weighted by Gasteiger charge is -2.19. The first-order valence-corrected chi connectivity index (χ1v) is 11.6. The molecule has 2 aliphatic heterocycles. The molecule has 1 aromatic rings. The molecule has 2 amide bonds. The van der Waals surface area contributed by atoms with E-state index < -0.39 is 28.5 Å². The normalized spacial score (nSPS) is 18.5. The fourth-order valence-corrected chi connectivity index (χ4v) is 5.03. The summed E-state index contributed by atoms with van der Waals surface area (Å²) in [5.74, 6) is -1.49. The molecule has 30 heavy (non-hydrogen) atoms. The van der Waals surface area contributed by atoms with Crippen LogP contribution in [0.3, 0.4) is 0 Å². The smallest absolute Gasteiger partial charge is 0.331 e. The van der Waals surface area contributed by atoms with E-state index in [9.17, 15) is 22.8 Å². The van der Waals surface area contributed by atoms with E-state index in [-0.39, 0.29) is 10.8 Å². The second-order valence-corrected chi connectivity index (χ2v) is 9.31. The van der Waals surface area contributed by atoms with E-state index in [2.05, 4.69) is 0 Å². The van der Waals surface area contributed by atoms with Crippen LogP contribution in [0.4, 0.5) is 0 Å². The molecule has 2 aliphatic rings. The Hall–Kier alpha value is -2.52. The molecule has 0 radical (unpaired) electrons. The number of imide groups is 1. The summed E-state index contributed by atoms with van der Waals surface area (Å²) in [4.78, 5) is 36.5. The minimum absolute atomic E-state index is 0.227. The maximum Gasteiger partial charge on any atom is 0.331 e. The zero-order valence-corrected chi connectivity index (χ0v) is 17.6. The number of amides is 2. The van der Waals surface area contributed by atoms with Crippen molar-refractivity contribution in [1.29, 1.82) is 0 Å². The van der Waals surface area contributed by atoms with Crippen molar-refractivity contribution in [2.75, 3.05) is 26.2 Å². The van der Waals surface area contributed by atoms with E-state index >= 15 is 0 Å². The third-order valence-corrected chi connectivity index (χ3v) is 7.12. The fourth-order valence-electron chi connectivity index (χ4n) is 3.52. The molecule has 0 aliphatic carbocycles. The van der Waals surface area contributed by atoms with Crippen LogP contribution in [-0.2, 0) is 29.1 Å². The van der Waals surface area contributed by atoms with Crippen molar-refractivity contribution in [2.24, 2.45) is 0 Å². The van der Waals surface area contributed by atoms with Gasteiger partial charge in [0.25, 0.3) is 5.91 Å². The van der Waals surface area contributed by atoms with E-state index in [0.717, 1.165) is 36.7 Å². The molecule has 0 aromatic heterocycles. The third kappa shape index (κ3) is 5.54. The van der Waals surface area contributed by atoms with Gasteiger partial charge in [-0.1, -0.05) is 25.0 Å². The summed E-state index contributed by atoms with van der Waals surface area (Å²) < 4.78 is 32.0. The van der Waals surface area contributed by atoms with E-state index in [1.807, 2.05) is 0 Å². The number of carbonyl (C=O) groups excluding carboxylic acids is 3. The highest BCUT2D eigenvalue weighted by atomic mass is 32.2. The first-order valence-electron chi connectivity index (χ1n) is 10.2. The summed E-state index contributed by atoms with van der Waals surface area (Å²) in [5, 5.41) is 0. The van der Waals surface area contributed by atoms with E-state index in [4.69, 9.17) is 4.74 Å². The van der Waals surface area contributed by atoms with Crippen LogP contribution in [0.15, 0.2) is 35.2 Å². The number of hydrogen-bond acceptors (Lipinski definition) is 6. The lowest BCUT2D eigenvalue weighted by atomic mass is 10.2. The lowest BCUT2D eigenvalue weighted by Crippen LogP contribution is -2.35. The maximum atomic E-state index is 12.8. The Morgan fingerprint density at radius 1 is 0.967 bits per heavy atom. The highest BCUT2D eigenvalue weighted by Crippen LogP contribution is 2.21. The number of likely N-dealkylation sites (tertiary alicyclic amines) is 1. The van der Waals surface area contributed by atoms with E-state index in [1.54, 1.807) is 12.1 Å². The third-order valence-electron chi connectivity index (χ3n) is 5.21. The summed E-state index contributed by atoms with van der Waals surface area (Å²) in [5.41, 5.74) is 0.628. The highest BCUT2D eigenvalue weighted by molar-refractivity contribution is 7.89. The van der Waals surface area contributed by atoms with Gasteiger partial charge in [-0.2, -0.15) is 4.31 Å². The molecule has 1 aromatic carbocycles. The summed E-state index contributed by atoms with van der Waals surface area (Å²) >= 11 is 0. The van der Waals surface area contributed by atoms with Crippen LogP contribution in [-0.4, -0.2) is 61.6 Å². The van der Waals surface area contributed by atoms with E-state index in [0.29, 0.717) is 38.0 Å². The van der Waals surface area contributed by atoms with E-state index in [1.165, 1.54) is 22.5 Å². The molecule has 8 nitrogen and oxygen atoms in total. The number of nitrogens with zero attached hydrogens (tertiary/aromatic N) is 2. The Kier molecular flexibility index (Phi) is 7.38. The summed E-state index contributed by atoms with van der Waals surface area (Å²) in [6.45, 7) is 0.953. The predicted molar refractivity (Wildman–Crippen MR) is 110 cm³/mol. The van der Waals surface area contributed by atoms with Crippen molar-refractivity contribution in [1.82, 2.24) is 9.21 Å². The number of esters is 1. The number of ether oxygens (including phenoxy) is 1. The highest BCUT2D eigenvalue weighted by Gasteiger charge is 2.27. The number of benzene rings is 1. The first kappa shape index (κ1) is 22.2. The van der Waals surface area contributed by atoms with Crippen LogP contribution >= 0.6 is 0 Å². The SMILES string of the molecule is O=C(/C=C/c1ccc(S(=O)(=O)N2CCCCCC2)cc1)OCC(=O)N1CCCC1=O.